The molecule has 1 heterocycles. The second kappa shape index (κ2) is 6.09. The molecule has 0 spiro atoms. The monoisotopic (exact) mass is 130 g/mol. The SMILES string of the molecule is CC.CC[C@H]1CCCO1. The third-order valence-electron chi connectivity index (χ3n) is 1.48. The summed E-state index contributed by atoms with van der Waals surface area (Å²) in [6, 6.07) is 0. The minimum atomic E-state index is 0.597. The molecule has 9 heavy (non-hydrogen) atoms. The molecular weight excluding hydrogens is 112 g/mol. The van der Waals surface area contributed by atoms with Crippen LogP contribution in [0.5, 0.6) is 0 Å². The quantitative estimate of drug-likeness (QED) is 0.530. The maximum Gasteiger partial charge on any atom is 0.0573 e. The molecule has 0 radical (unpaired) electrons. The molecule has 0 N–H and O–H groups in total. The maximum absolute atomic E-state index is 5.30. The van der Waals surface area contributed by atoms with Gasteiger partial charge in [0.2, 0.25) is 0 Å². The molecule has 0 unspecified atom stereocenters. The molecule has 1 aliphatic rings. The Morgan fingerprint density at radius 1 is 1.44 bits per heavy atom. The van der Waals surface area contributed by atoms with Crippen LogP contribution in [0, 0.1) is 0 Å². The van der Waals surface area contributed by atoms with Crippen LogP contribution in [-0.4, -0.2) is 12.7 Å². The second-order valence-electron chi connectivity index (χ2n) is 2.04. The van der Waals surface area contributed by atoms with E-state index in [1.165, 1.54) is 19.3 Å². The van der Waals surface area contributed by atoms with Gasteiger partial charge < -0.3 is 4.74 Å². The topological polar surface area (TPSA) is 9.23 Å². The molecule has 1 atom stereocenters. The zero-order chi connectivity index (χ0) is 7.11. The molecule has 0 saturated carbocycles. The van der Waals surface area contributed by atoms with Crippen LogP contribution in [-0.2, 0) is 4.74 Å². The van der Waals surface area contributed by atoms with Crippen molar-refractivity contribution in [1.82, 2.24) is 0 Å². The Balaban J connectivity index is 0.000000291. The lowest BCUT2D eigenvalue weighted by Crippen LogP contribution is -2.00. The van der Waals surface area contributed by atoms with E-state index in [4.69, 9.17) is 4.74 Å². The number of hydrogen-bond donors (Lipinski definition) is 0. The number of rotatable bonds is 1. The second-order valence-corrected chi connectivity index (χ2v) is 2.04. The summed E-state index contributed by atoms with van der Waals surface area (Å²) in [6.45, 7) is 7.18. The average molecular weight is 130 g/mol. The van der Waals surface area contributed by atoms with Gasteiger partial charge in [0.1, 0.15) is 0 Å². The minimum Gasteiger partial charge on any atom is -0.378 e. The summed E-state index contributed by atoms with van der Waals surface area (Å²) in [7, 11) is 0. The van der Waals surface area contributed by atoms with Crippen LogP contribution in [0.3, 0.4) is 0 Å². The summed E-state index contributed by atoms with van der Waals surface area (Å²) in [6.07, 6.45) is 4.36. The zero-order valence-electron chi connectivity index (χ0n) is 6.81. The molecule has 1 heteroatoms. The Morgan fingerprint density at radius 3 is 2.33 bits per heavy atom. The molecule has 0 aromatic carbocycles. The molecule has 1 aliphatic heterocycles. The van der Waals surface area contributed by atoms with Crippen LogP contribution in [0.4, 0.5) is 0 Å². The fourth-order valence-electron chi connectivity index (χ4n) is 0.966. The van der Waals surface area contributed by atoms with E-state index in [0.717, 1.165) is 6.61 Å². The third kappa shape index (κ3) is 3.52. The van der Waals surface area contributed by atoms with E-state index < -0.39 is 0 Å². The molecule has 56 valence electrons. The van der Waals surface area contributed by atoms with E-state index in [1.807, 2.05) is 13.8 Å². The van der Waals surface area contributed by atoms with E-state index in [0.29, 0.717) is 6.10 Å². The molecular formula is C8H18O. The maximum atomic E-state index is 5.30. The van der Waals surface area contributed by atoms with Crippen molar-refractivity contribution in [3.05, 3.63) is 0 Å². The lowest BCUT2D eigenvalue weighted by Gasteiger charge is -2.01. The molecule has 0 aromatic rings. The first-order valence-corrected chi connectivity index (χ1v) is 4.05. The van der Waals surface area contributed by atoms with Crippen LogP contribution in [0.1, 0.15) is 40.0 Å². The summed E-state index contributed by atoms with van der Waals surface area (Å²) in [4.78, 5) is 0. The van der Waals surface area contributed by atoms with Crippen LogP contribution < -0.4 is 0 Å². The molecule has 1 fully saturated rings. The Morgan fingerprint density at radius 2 is 2.11 bits per heavy atom. The van der Waals surface area contributed by atoms with Crippen LogP contribution in [0.2, 0.25) is 0 Å². The van der Waals surface area contributed by atoms with Crippen molar-refractivity contribution in [1.29, 1.82) is 0 Å². The van der Waals surface area contributed by atoms with Gasteiger partial charge in [-0.05, 0) is 19.3 Å². The highest BCUT2D eigenvalue weighted by molar-refractivity contribution is 4.60. The normalized spacial score (nSPS) is 25.0. The van der Waals surface area contributed by atoms with Gasteiger partial charge in [0.15, 0.2) is 0 Å². The fraction of sp³-hybridized carbons (Fsp3) is 1.00. The Hall–Kier alpha value is -0.0400. The van der Waals surface area contributed by atoms with Crippen molar-refractivity contribution >= 4 is 0 Å². The van der Waals surface area contributed by atoms with E-state index in [1.54, 1.807) is 0 Å². The molecule has 0 amide bonds. The predicted molar refractivity (Wildman–Crippen MR) is 40.6 cm³/mol. The van der Waals surface area contributed by atoms with Gasteiger partial charge in [0, 0.05) is 6.61 Å². The first kappa shape index (κ1) is 8.96. The van der Waals surface area contributed by atoms with Crippen molar-refractivity contribution < 1.29 is 4.74 Å². The highest BCUT2D eigenvalue weighted by atomic mass is 16.5. The summed E-state index contributed by atoms with van der Waals surface area (Å²) in [5.74, 6) is 0. The Bertz CT molecular complexity index is 46.5. The molecule has 0 bridgehead atoms. The molecule has 0 aromatic heterocycles. The summed E-state index contributed by atoms with van der Waals surface area (Å²) >= 11 is 0. The molecule has 1 rings (SSSR count). The van der Waals surface area contributed by atoms with Gasteiger partial charge in [-0.2, -0.15) is 0 Å². The number of hydrogen-bond acceptors (Lipinski definition) is 1. The fourth-order valence-corrected chi connectivity index (χ4v) is 0.966. The standard InChI is InChI=1S/C6H12O.C2H6/c1-2-6-4-3-5-7-6;1-2/h6H,2-5H2,1H3;1-2H3/t6-;/m0./s1. The first-order valence-electron chi connectivity index (χ1n) is 4.05. The lowest BCUT2D eigenvalue weighted by atomic mass is 10.2. The summed E-state index contributed by atoms with van der Waals surface area (Å²) in [5, 5.41) is 0. The Labute approximate surface area is 58.4 Å². The van der Waals surface area contributed by atoms with Crippen molar-refractivity contribution in [3.8, 4) is 0 Å². The van der Waals surface area contributed by atoms with Crippen molar-refractivity contribution in [2.45, 2.75) is 46.1 Å². The average Bonchev–Trinajstić information content (AvgIpc) is 2.43. The first-order chi connectivity index (χ1) is 4.43. The van der Waals surface area contributed by atoms with Gasteiger partial charge in [-0.1, -0.05) is 20.8 Å². The highest BCUT2D eigenvalue weighted by Crippen LogP contribution is 2.13. The Kier molecular flexibility index (Phi) is 6.06. The minimum absolute atomic E-state index is 0.597. The van der Waals surface area contributed by atoms with Gasteiger partial charge in [-0.3, -0.25) is 0 Å². The molecule has 1 saturated heterocycles. The van der Waals surface area contributed by atoms with E-state index in [-0.39, 0.29) is 0 Å². The number of ether oxygens (including phenoxy) is 1. The van der Waals surface area contributed by atoms with Gasteiger partial charge in [0.25, 0.3) is 0 Å². The summed E-state index contributed by atoms with van der Waals surface area (Å²) < 4.78 is 5.30. The summed E-state index contributed by atoms with van der Waals surface area (Å²) in [5.41, 5.74) is 0. The van der Waals surface area contributed by atoms with E-state index >= 15 is 0 Å². The lowest BCUT2D eigenvalue weighted by molar-refractivity contribution is 0.108. The zero-order valence-corrected chi connectivity index (χ0v) is 6.81. The molecule has 1 nitrogen and oxygen atoms in total. The van der Waals surface area contributed by atoms with Crippen molar-refractivity contribution in [3.63, 3.8) is 0 Å². The van der Waals surface area contributed by atoms with E-state index in [9.17, 15) is 0 Å². The van der Waals surface area contributed by atoms with Crippen LogP contribution in [0.25, 0.3) is 0 Å². The van der Waals surface area contributed by atoms with E-state index in [2.05, 4.69) is 6.92 Å². The van der Waals surface area contributed by atoms with Gasteiger partial charge in [-0.15, -0.1) is 0 Å². The largest absolute Gasteiger partial charge is 0.378 e. The van der Waals surface area contributed by atoms with Gasteiger partial charge >= 0.3 is 0 Å². The van der Waals surface area contributed by atoms with Crippen molar-refractivity contribution in [2.24, 2.45) is 0 Å². The molecule has 0 aliphatic carbocycles. The van der Waals surface area contributed by atoms with Gasteiger partial charge in [0.05, 0.1) is 6.10 Å². The smallest absolute Gasteiger partial charge is 0.0573 e. The van der Waals surface area contributed by atoms with Gasteiger partial charge in [-0.25, -0.2) is 0 Å². The highest BCUT2D eigenvalue weighted by Gasteiger charge is 2.11. The van der Waals surface area contributed by atoms with Crippen molar-refractivity contribution in [2.75, 3.05) is 6.61 Å². The third-order valence-corrected chi connectivity index (χ3v) is 1.48. The van der Waals surface area contributed by atoms with Crippen LogP contribution >= 0.6 is 0 Å². The van der Waals surface area contributed by atoms with Crippen LogP contribution in [0.15, 0.2) is 0 Å². The predicted octanol–water partition coefficient (Wildman–Crippen LogP) is 2.60.